The molecule has 1 atom stereocenters. The number of primary amides is 1. The first kappa shape index (κ1) is 15.0. The van der Waals surface area contributed by atoms with E-state index in [0.29, 0.717) is 5.56 Å². The molecule has 1 aliphatic rings. The van der Waals surface area contributed by atoms with Gasteiger partial charge in [0.1, 0.15) is 6.10 Å². The average Bonchev–Trinajstić information content (AvgIpc) is 2.78. The fraction of sp³-hybridized carbons (Fsp3) is 0.400. The standard InChI is InChI=1S/C15H18N2O4/c1-2-10-3-5-11(6-4-10)15(20)21-12-7-14(19)17(8-12)9-13(16)18/h3-6,12H,2,7-9H2,1H3,(H2,16,18)/t12-/m1/s1. The first-order valence-corrected chi connectivity index (χ1v) is 6.85. The second-order valence-corrected chi connectivity index (χ2v) is 5.02. The second-order valence-electron chi connectivity index (χ2n) is 5.02. The minimum atomic E-state index is -0.578. The van der Waals surface area contributed by atoms with Crippen molar-refractivity contribution in [2.45, 2.75) is 25.9 Å². The number of rotatable bonds is 5. The maximum absolute atomic E-state index is 12.0. The monoisotopic (exact) mass is 290 g/mol. The van der Waals surface area contributed by atoms with E-state index < -0.39 is 18.0 Å². The lowest BCUT2D eigenvalue weighted by molar-refractivity contribution is -0.132. The van der Waals surface area contributed by atoms with E-state index in [0.717, 1.165) is 12.0 Å². The van der Waals surface area contributed by atoms with Crippen molar-refractivity contribution in [3.05, 3.63) is 35.4 Å². The summed E-state index contributed by atoms with van der Waals surface area (Å²) in [6, 6.07) is 7.16. The van der Waals surface area contributed by atoms with E-state index in [9.17, 15) is 14.4 Å². The molecule has 1 aliphatic heterocycles. The number of benzene rings is 1. The molecule has 0 spiro atoms. The molecule has 0 unspecified atom stereocenters. The summed E-state index contributed by atoms with van der Waals surface area (Å²) < 4.78 is 5.30. The van der Waals surface area contributed by atoms with Gasteiger partial charge in [0.25, 0.3) is 0 Å². The van der Waals surface area contributed by atoms with Crippen molar-refractivity contribution in [2.75, 3.05) is 13.1 Å². The number of hydrogen-bond donors (Lipinski definition) is 1. The fourth-order valence-electron chi connectivity index (χ4n) is 2.25. The normalized spacial score (nSPS) is 17.9. The molecule has 0 aliphatic carbocycles. The molecule has 1 heterocycles. The summed E-state index contributed by atoms with van der Waals surface area (Å²) in [4.78, 5) is 35.8. The van der Waals surface area contributed by atoms with Crippen LogP contribution in [0.4, 0.5) is 0 Å². The molecule has 6 heteroatoms. The van der Waals surface area contributed by atoms with Crippen LogP contribution in [0.3, 0.4) is 0 Å². The summed E-state index contributed by atoms with van der Waals surface area (Å²) in [6.07, 6.45) is 0.454. The zero-order valence-corrected chi connectivity index (χ0v) is 11.9. The number of hydrogen-bond acceptors (Lipinski definition) is 4. The Kier molecular flexibility index (Phi) is 4.57. The summed E-state index contributed by atoms with van der Waals surface area (Å²) >= 11 is 0. The Balaban J connectivity index is 1.94. The van der Waals surface area contributed by atoms with Gasteiger partial charge in [-0.3, -0.25) is 9.59 Å². The molecule has 1 aromatic carbocycles. The van der Waals surface area contributed by atoms with E-state index >= 15 is 0 Å². The predicted octanol–water partition coefficient (Wildman–Crippen LogP) is 0.492. The molecule has 2 amide bonds. The highest BCUT2D eigenvalue weighted by atomic mass is 16.5. The van der Waals surface area contributed by atoms with Gasteiger partial charge in [-0.25, -0.2) is 4.79 Å². The fourth-order valence-corrected chi connectivity index (χ4v) is 2.25. The minimum absolute atomic E-state index is 0.0893. The van der Waals surface area contributed by atoms with E-state index in [1.807, 2.05) is 19.1 Å². The number of carbonyl (C=O) groups is 3. The van der Waals surface area contributed by atoms with Crippen LogP contribution in [-0.4, -0.2) is 41.9 Å². The van der Waals surface area contributed by atoms with Gasteiger partial charge in [0.15, 0.2) is 0 Å². The van der Waals surface area contributed by atoms with Crippen LogP contribution in [0.5, 0.6) is 0 Å². The number of likely N-dealkylation sites (tertiary alicyclic amines) is 1. The van der Waals surface area contributed by atoms with Crippen LogP contribution in [0.1, 0.15) is 29.3 Å². The molecule has 2 rings (SSSR count). The first-order chi connectivity index (χ1) is 9.99. The van der Waals surface area contributed by atoms with Gasteiger partial charge in [-0.05, 0) is 24.1 Å². The van der Waals surface area contributed by atoms with Gasteiger partial charge in [-0.1, -0.05) is 19.1 Å². The van der Waals surface area contributed by atoms with Gasteiger partial charge in [0.05, 0.1) is 25.1 Å². The van der Waals surface area contributed by atoms with Gasteiger partial charge in [-0.2, -0.15) is 0 Å². The summed E-state index contributed by atoms with van der Waals surface area (Å²) in [5.74, 6) is -1.27. The van der Waals surface area contributed by atoms with Gasteiger partial charge >= 0.3 is 5.97 Å². The van der Waals surface area contributed by atoms with Crippen LogP contribution < -0.4 is 5.73 Å². The lowest BCUT2D eigenvalue weighted by Crippen LogP contribution is -2.35. The SMILES string of the molecule is CCc1ccc(C(=O)O[C@@H]2CC(=O)N(CC(N)=O)C2)cc1. The highest BCUT2D eigenvalue weighted by Gasteiger charge is 2.33. The third-order valence-corrected chi connectivity index (χ3v) is 3.40. The van der Waals surface area contributed by atoms with E-state index in [-0.39, 0.29) is 25.4 Å². The van der Waals surface area contributed by atoms with Crippen molar-refractivity contribution in [2.24, 2.45) is 5.73 Å². The van der Waals surface area contributed by atoms with Gasteiger partial charge in [0.2, 0.25) is 11.8 Å². The predicted molar refractivity (Wildman–Crippen MR) is 75.4 cm³/mol. The summed E-state index contributed by atoms with van der Waals surface area (Å²) in [5, 5.41) is 0. The van der Waals surface area contributed by atoms with Crippen molar-refractivity contribution in [3.8, 4) is 0 Å². The number of aryl methyl sites for hydroxylation is 1. The van der Waals surface area contributed by atoms with Crippen LogP contribution in [0, 0.1) is 0 Å². The number of ether oxygens (including phenoxy) is 1. The second kappa shape index (κ2) is 6.39. The van der Waals surface area contributed by atoms with Crippen LogP contribution in [0.15, 0.2) is 24.3 Å². The maximum atomic E-state index is 12.0. The molecule has 21 heavy (non-hydrogen) atoms. The molecule has 2 N–H and O–H groups in total. The highest BCUT2D eigenvalue weighted by molar-refractivity contribution is 5.90. The molecular weight excluding hydrogens is 272 g/mol. The highest BCUT2D eigenvalue weighted by Crippen LogP contribution is 2.16. The quantitative estimate of drug-likeness (QED) is 0.799. The van der Waals surface area contributed by atoms with Crippen molar-refractivity contribution in [3.63, 3.8) is 0 Å². The van der Waals surface area contributed by atoms with Crippen LogP contribution >= 0.6 is 0 Å². The minimum Gasteiger partial charge on any atom is -0.456 e. The molecule has 0 radical (unpaired) electrons. The van der Waals surface area contributed by atoms with E-state index in [1.165, 1.54) is 4.90 Å². The molecule has 0 saturated carbocycles. The Morgan fingerprint density at radius 1 is 1.33 bits per heavy atom. The summed E-state index contributed by atoms with van der Waals surface area (Å²) in [6.45, 7) is 2.10. The lowest BCUT2D eigenvalue weighted by Gasteiger charge is -2.14. The molecular formula is C15H18N2O4. The number of nitrogens with zero attached hydrogens (tertiary/aromatic N) is 1. The van der Waals surface area contributed by atoms with Crippen molar-refractivity contribution in [1.82, 2.24) is 4.90 Å². The Labute approximate surface area is 122 Å². The third-order valence-electron chi connectivity index (χ3n) is 3.40. The smallest absolute Gasteiger partial charge is 0.338 e. The number of nitrogens with two attached hydrogens (primary N) is 1. The Morgan fingerprint density at radius 3 is 2.57 bits per heavy atom. The van der Waals surface area contributed by atoms with Crippen LogP contribution in [0.25, 0.3) is 0 Å². The van der Waals surface area contributed by atoms with Gasteiger partial charge in [0, 0.05) is 0 Å². The molecule has 0 aromatic heterocycles. The lowest BCUT2D eigenvalue weighted by atomic mass is 10.1. The molecule has 1 fully saturated rings. The van der Waals surface area contributed by atoms with Crippen LogP contribution in [0.2, 0.25) is 0 Å². The van der Waals surface area contributed by atoms with Crippen molar-refractivity contribution in [1.29, 1.82) is 0 Å². The first-order valence-electron chi connectivity index (χ1n) is 6.85. The number of carbonyl (C=O) groups excluding carboxylic acids is 3. The summed E-state index contributed by atoms with van der Waals surface area (Å²) in [5.41, 5.74) is 6.65. The summed E-state index contributed by atoms with van der Waals surface area (Å²) in [7, 11) is 0. The van der Waals surface area contributed by atoms with Crippen molar-refractivity contribution < 1.29 is 19.1 Å². The van der Waals surface area contributed by atoms with Gasteiger partial charge < -0.3 is 15.4 Å². The Bertz CT molecular complexity index is 553. The molecule has 0 bridgehead atoms. The zero-order chi connectivity index (χ0) is 15.4. The largest absolute Gasteiger partial charge is 0.456 e. The zero-order valence-electron chi connectivity index (χ0n) is 11.9. The molecule has 1 saturated heterocycles. The van der Waals surface area contributed by atoms with Crippen LogP contribution in [-0.2, 0) is 20.7 Å². The Hall–Kier alpha value is -2.37. The van der Waals surface area contributed by atoms with Crippen molar-refractivity contribution >= 4 is 17.8 Å². The molecule has 112 valence electrons. The number of amides is 2. The van der Waals surface area contributed by atoms with E-state index in [1.54, 1.807) is 12.1 Å². The molecule has 1 aromatic rings. The third kappa shape index (κ3) is 3.81. The van der Waals surface area contributed by atoms with Gasteiger partial charge in [-0.15, -0.1) is 0 Å². The maximum Gasteiger partial charge on any atom is 0.338 e. The van der Waals surface area contributed by atoms with E-state index in [4.69, 9.17) is 10.5 Å². The topological polar surface area (TPSA) is 89.7 Å². The Morgan fingerprint density at radius 2 is 2.00 bits per heavy atom. The number of esters is 1. The molecule has 6 nitrogen and oxygen atoms in total. The van der Waals surface area contributed by atoms with E-state index in [2.05, 4.69) is 0 Å². The average molecular weight is 290 g/mol.